The molecule has 1 aromatic carbocycles. The maximum atomic E-state index is 10.7. The van der Waals surface area contributed by atoms with Crippen LogP contribution in [0.2, 0.25) is 0 Å². The Bertz CT molecular complexity index is 750. The molecule has 1 unspecified atom stereocenters. The number of nitro benzene ring substituents is 1. The van der Waals surface area contributed by atoms with Crippen LogP contribution in [0, 0.1) is 10.1 Å². The van der Waals surface area contributed by atoms with Crippen LogP contribution in [-0.4, -0.2) is 20.1 Å². The van der Waals surface area contributed by atoms with Crippen LogP contribution in [0.5, 0.6) is 0 Å². The molecule has 0 aliphatic rings. The SMILES string of the molecule is CC(Nc1nc2ccc([N+](=O)[O-])cc2o1)c1cn[nH]c1. The van der Waals surface area contributed by atoms with E-state index in [1.54, 1.807) is 18.5 Å². The minimum atomic E-state index is -0.469. The summed E-state index contributed by atoms with van der Waals surface area (Å²) in [7, 11) is 0. The Labute approximate surface area is 113 Å². The van der Waals surface area contributed by atoms with Crippen LogP contribution in [-0.2, 0) is 0 Å². The first kappa shape index (κ1) is 12.2. The van der Waals surface area contributed by atoms with Gasteiger partial charge in [0.15, 0.2) is 5.58 Å². The Morgan fingerprint density at radius 2 is 2.35 bits per heavy atom. The first-order valence-electron chi connectivity index (χ1n) is 5.93. The molecule has 8 nitrogen and oxygen atoms in total. The van der Waals surface area contributed by atoms with E-state index in [4.69, 9.17) is 4.42 Å². The van der Waals surface area contributed by atoms with E-state index in [-0.39, 0.29) is 11.7 Å². The molecule has 0 aliphatic carbocycles. The van der Waals surface area contributed by atoms with Crippen LogP contribution in [0.1, 0.15) is 18.5 Å². The van der Waals surface area contributed by atoms with Crippen LogP contribution < -0.4 is 5.32 Å². The fourth-order valence-electron chi connectivity index (χ4n) is 1.85. The molecule has 2 heterocycles. The van der Waals surface area contributed by atoms with Crippen molar-refractivity contribution in [3.05, 3.63) is 46.3 Å². The molecule has 0 aliphatic heterocycles. The second-order valence-corrected chi connectivity index (χ2v) is 4.33. The highest BCUT2D eigenvalue weighted by molar-refractivity contribution is 5.77. The summed E-state index contributed by atoms with van der Waals surface area (Å²) >= 11 is 0. The van der Waals surface area contributed by atoms with Gasteiger partial charge < -0.3 is 9.73 Å². The molecular formula is C12H11N5O3. The van der Waals surface area contributed by atoms with Gasteiger partial charge in [-0.25, -0.2) is 0 Å². The van der Waals surface area contributed by atoms with Gasteiger partial charge in [0.05, 0.1) is 23.2 Å². The summed E-state index contributed by atoms with van der Waals surface area (Å²) in [6.45, 7) is 1.93. The zero-order chi connectivity index (χ0) is 14.1. The minimum absolute atomic E-state index is 0.0249. The summed E-state index contributed by atoms with van der Waals surface area (Å²) in [5, 5.41) is 20.4. The maximum absolute atomic E-state index is 10.7. The largest absolute Gasteiger partial charge is 0.423 e. The van der Waals surface area contributed by atoms with Gasteiger partial charge in [0.2, 0.25) is 0 Å². The predicted octanol–water partition coefficient (Wildman–Crippen LogP) is 2.63. The van der Waals surface area contributed by atoms with Gasteiger partial charge in [0, 0.05) is 17.8 Å². The number of aromatic amines is 1. The summed E-state index contributed by atoms with van der Waals surface area (Å²) in [6, 6.07) is 4.58. The van der Waals surface area contributed by atoms with E-state index in [9.17, 15) is 10.1 Å². The lowest BCUT2D eigenvalue weighted by molar-refractivity contribution is -0.384. The summed E-state index contributed by atoms with van der Waals surface area (Å²) in [5.41, 5.74) is 1.87. The average molecular weight is 273 g/mol. The maximum Gasteiger partial charge on any atom is 0.296 e. The molecule has 0 saturated carbocycles. The Morgan fingerprint density at radius 1 is 1.50 bits per heavy atom. The number of nitrogens with zero attached hydrogens (tertiary/aromatic N) is 3. The molecule has 1 atom stereocenters. The smallest absolute Gasteiger partial charge is 0.296 e. The molecule has 2 N–H and O–H groups in total. The van der Waals surface area contributed by atoms with E-state index in [0.717, 1.165) is 5.56 Å². The standard InChI is InChI=1S/C12H11N5O3/c1-7(8-5-13-14-6-8)15-12-16-10-3-2-9(17(18)19)4-11(10)20-12/h2-7H,1H3,(H,13,14)(H,15,16). The number of nitro groups is 1. The van der Waals surface area contributed by atoms with Gasteiger partial charge >= 0.3 is 0 Å². The fourth-order valence-corrected chi connectivity index (χ4v) is 1.85. The molecule has 8 heteroatoms. The van der Waals surface area contributed by atoms with Gasteiger partial charge in [-0.05, 0) is 13.0 Å². The number of H-pyrrole nitrogens is 1. The highest BCUT2D eigenvalue weighted by Gasteiger charge is 2.14. The van der Waals surface area contributed by atoms with Crippen molar-refractivity contribution in [3.63, 3.8) is 0 Å². The van der Waals surface area contributed by atoms with Crippen molar-refractivity contribution in [2.75, 3.05) is 5.32 Å². The lowest BCUT2D eigenvalue weighted by atomic mass is 10.2. The molecule has 2 aromatic heterocycles. The van der Waals surface area contributed by atoms with E-state index in [1.807, 2.05) is 6.92 Å². The van der Waals surface area contributed by atoms with Crippen molar-refractivity contribution in [2.45, 2.75) is 13.0 Å². The Morgan fingerprint density at radius 3 is 3.05 bits per heavy atom. The van der Waals surface area contributed by atoms with E-state index >= 15 is 0 Å². The average Bonchev–Trinajstić information content (AvgIpc) is 3.06. The zero-order valence-corrected chi connectivity index (χ0v) is 10.5. The number of nitrogens with one attached hydrogen (secondary N) is 2. The summed E-state index contributed by atoms with van der Waals surface area (Å²) in [5.74, 6) is 0. The topological polar surface area (TPSA) is 110 Å². The van der Waals surface area contributed by atoms with E-state index in [0.29, 0.717) is 17.1 Å². The predicted molar refractivity (Wildman–Crippen MR) is 71.3 cm³/mol. The number of benzene rings is 1. The lowest BCUT2D eigenvalue weighted by Gasteiger charge is -2.08. The van der Waals surface area contributed by atoms with Gasteiger partial charge in [-0.1, -0.05) is 0 Å². The number of non-ortho nitro benzene ring substituents is 1. The van der Waals surface area contributed by atoms with Crippen LogP contribution >= 0.6 is 0 Å². The third-order valence-corrected chi connectivity index (χ3v) is 2.94. The van der Waals surface area contributed by atoms with Crippen molar-refractivity contribution < 1.29 is 9.34 Å². The highest BCUT2D eigenvalue weighted by atomic mass is 16.6. The van der Waals surface area contributed by atoms with Gasteiger partial charge in [0.1, 0.15) is 5.52 Å². The van der Waals surface area contributed by atoms with Crippen molar-refractivity contribution in [2.24, 2.45) is 0 Å². The number of oxazole rings is 1. The number of hydrogen-bond donors (Lipinski definition) is 2. The quantitative estimate of drug-likeness (QED) is 0.558. The van der Waals surface area contributed by atoms with Gasteiger partial charge in [-0.15, -0.1) is 0 Å². The normalized spacial score (nSPS) is 12.4. The van der Waals surface area contributed by atoms with Gasteiger partial charge in [-0.3, -0.25) is 15.2 Å². The number of hydrogen-bond acceptors (Lipinski definition) is 6. The molecule has 0 bridgehead atoms. The van der Waals surface area contributed by atoms with Crippen LogP contribution in [0.25, 0.3) is 11.1 Å². The van der Waals surface area contributed by atoms with E-state index in [1.165, 1.54) is 12.1 Å². The van der Waals surface area contributed by atoms with E-state index < -0.39 is 4.92 Å². The molecule has 0 fully saturated rings. The molecule has 20 heavy (non-hydrogen) atoms. The Hall–Kier alpha value is -2.90. The Kier molecular flexibility index (Phi) is 2.82. The molecule has 3 aromatic rings. The van der Waals surface area contributed by atoms with Crippen LogP contribution in [0.3, 0.4) is 0 Å². The molecule has 102 valence electrons. The molecule has 0 saturated heterocycles. The molecule has 0 radical (unpaired) electrons. The van der Waals surface area contributed by atoms with Crippen molar-refractivity contribution in [1.82, 2.24) is 15.2 Å². The molecular weight excluding hydrogens is 262 g/mol. The van der Waals surface area contributed by atoms with Crippen molar-refractivity contribution >= 4 is 22.8 Å². The minimum Gasteiger partial charge on any atom is -0.423 e. The Balaban J connectivity index is 1.87. The monoisotopic (exact) mass is 273 g/mol. The number of rotatable bonds is 4. The molecule has 0 spiro atoms. The number of fused-ring (bicyclic) bond motifs is 1. The van der Waals surface area contributed by atoms with Crippen molar-refractivity contribution in [3.8, 4) is 0 Å². The molecule has 3 rings (SSSR count). The highest BCUT2D eigenvalue weighted by Crippen LogP contribution is 2.25. The van der Waals surface area contributed by atoms with Gasteiger partial charge in [-0.2, -0.15) is 10.1 Å². The number of aromatic nitrogens is 3. The van der Waals surface area contributed by atoms with Crippen LogP contribution in [0.4, 0.5) is 11.7 Å². The zero-order valence-electron chi connectivity index (χ0n) is 10.5. The van der Waals surface area contributed by atoms with Crippen LogP contribution in [0.15, 0.2) is 35.0 Å². The number of anilines is 1. The summed E-state index contributed by atoms with van der Waals surface area (Å²) in [6.07, 6.45) is 3.47. The summed E-state index contributed by atoms with van der Waals surface area (Å²) in [4.78, 5) is 14.5. The second-order valence-electron chi connectivity index (χ2n) is 4.33. The van der Waals surface area contributed by atoms with Crippen molar-refractivity contribution in [1.29, 1.82) is 0 Å². The first-order valence-corrected chi connectivity index (χ1v) is 5.93. The fraction of sp³-hybridized carbons (Fsp3) is 0.167. The summed E-state index contributed by atoms with van der Waals surface area (Å²) < 4.78 is 5.47. The second kappa shape index (κ2) is 4.65. The van der Waals surface area contributed by atoms with E-state index in [2.05, 4.69) is 20.5 Å². The first-order chi connectivity index (χ1) is 9.63. The third kappa shape index (κ3) is 2.18. The third-order valence-electron chi connectivity index (χ3n) is 2.94. The molecule has 0 amide bonds. The lowest BCUT2D eigenvalue weighted by Crippen LogP contribution is -2.05. The van der Waals surface area contributed by atoms with Gasteiger partial charge in [0.25, 0.3) is 11.7 Å².